The number of carbonyl (C=O) groups excluding carboxylic acids is 3. The van der Waals surface area contributed by atoms with E-state index in [2.05, 4.69) is 10.6 Å². The number of benzene rings is 3. The zero-order valence-electron chi connectivity index (χ0n) is 45.7. The van der Waals surface area contributed by atoms with Crippen LogP contribution in [0.25, 0.3) is 0 Å². The fraction of sp³-hybridized carbons (Fsp3) is 0.632. The number of nitrogens with one attached hydrogen (secondary N) is 2. The van der Waals surface area contributed by atoms with Crippen LogP contribution in [0.3, 0.4) is 0 Å². The van der Waals surface area contributed by atoms with Gasteiger partial charge in [0, 0.05) is 52.9 Å². The maximum atomic E-state index is 13.6. The second-order valence-electron chi connectivity index (χ2n) is 18.8. The van der Waals surface area contributed by atoms with E-state index in [1.807, 2.05) is 91.0 Å². The normalized spacial score (nSPS) is 26.3. The van der Waals surface area contributed by atoms with Crippen LogP contribution in [0.15, 0.2) is 91.0 Å². The molecule has 0 aromatic heterocycles. The second-order valence-corrected chi connectivity index (χ2v) is 18.8. The molecule has 472 valence electrons. The van der Waals surface area contributed by atoms with E-state index in [9.17, 15) is 42.2 Å². The van der Waals surface area contributed by atoms with Crippen LogP contribution in [-0.2, 0) is 62.5 Å². The number of alkyl halides is 4. The molecule has 6 aliphatic heterocycles. The number of aliphatic hydroxyl groups is 5. The maximum absolute atomic E-state index is 13.6. The minimum Gasteiger partial charge on any atom is -0.445 e. The van der Waals surface area contributed by atoms with Crippen molar-refractivity contribution in [2.24, 2.45) is 0 Å². The molecule has 6 heterocycles. The Bertz CT molecular complexity index is 2000. The van der Waals surface area contributed by atoms with E-state index >= 15 is 0 Å². The first-order valence-corrected chi connectivity index (χ1v) is 26.8. The summed E-state index contributed by atoms with van der Waals surface area (Å²) >= 11 is 0. The van der Waals surface area contributed by atoms with Crippen molar-refractivity contribution in [3.05, 3.63) is 108 Å². The highest BCUT2D eigenvalue weighted by molar-refractivity contribution is 5.68. The van der Waals surface area contributed by atoms with Gasteiger partial charge >= 0.3 is 18.3 Å². The molecule has 22 nitrogen and oxygen atoms in total. The molecule has 0 aliphatic carbocycles. The van der Waals surface area contributed by atoms with Crippen LogP contribution < -0.4 is 10.6 Å². The zero-order chi connectivity index (χ0) is 58.6. The lowest BCUT2D eigenvalue weighted by molar-refractivity contribution is -0.0412. The lowest BCUT2D eigenvalue weighted by Crippen LogP contribution is -2.46. The van der Waals surface area contributed by atoms with Crippen molar-refractivity contribution < 1.29 is 100 Å². The predicted molar refractivity (Wildman–Crippen MR) is 298 cm³/mol. The van der Waals surface area contributed by atoms with E-state index in [0.29, 0.717) is 65.8 Å². The van der Waals surface area contributed by atoms with Crippen LogP contribution in [0.5, 0.6) is 0 Å². The molecule has 6 fully saturated rings. The quantitative estimate of drug-likeness (QED) is 0.106. The minimum atomic E-state index is -1.53. The van der Waals surface area contributed by atoms with E-state index < -0.39 is 61.3 Å². The molecule has 3 aromatic carbocycles. The fourth-order valence-corrected chi connectivity index (χ4v) is 7.58. The SMILES string of the molecule is C.C.CO.O=C(OCc1ccccc1)N1CCOCC2OC2C1.O=C(OCc1ccccc1)N1CCOC[C@H](F)[C@@H](O)C1.O=C(OCc1ccccc1)N1CCOC[C@H](O)[C@@H](F)C1.O[C@H]1CNCCOC[C@@H]1F.O[C@H]1COCCNC[C@@H]1F. The van der Waals surface area contributed by atoms with E-state index in [-0.39, 0.29) is 119 Å². The number of aliphatic hydroxyl groups excluding tert-OH is 5. The fourth-order valence-electron chi connectivity index (χ4n) is 7.58. The van der Waals surface area contributed by atoms with Gasteiger partial charge in [0.05, 0.1) is 91.8 Å². The Labute approximate surface area is 484 Å². The predicted octanol–water partition coefficient (Wildman–Crippen LogP) is 3.62. The number of nitrogens with zero attached hydrogens (tertiary/aromatic N) is 3. The largest absolute Gasteiger partial charge is 0.445 e. The molecule has 10 atom stereocenters. The van der Waals surface area contributed by atoms with Crippen LogP contribution in [0.4, 0.5) is 31.9 Å². The molecule has 7 N–H and O–H groups in total. The number of ether oxygens (including phenoxy) is 9. The molecule has 0 spiro atoms. The average molecular weight is 1190 g/mol. The maximum Gasteiger partial charge on any atom is 0.410 e. The molecule has 6 aliphatic rings. The van der Waals surface area contributed by atoms with Gasteiger partial charge in [0.1, 0.15) is 62.7 Å². The highest BCUT2D eigenvalue weighted by atomic mass is 19.1. The number of epoxide rings is 1. The van der Waals surface area contributed by atoms with Gasteiger partial charge < -0.3 is 93.5 Å². The number of carbonyl (C=O) groups is 3. The summed E-state index contributed by atoms with van der Waals surface area (Å²) in [6, 6.07) is 28.2. The third-order valence-electron chi connectivity index (χ3n) is 12.4. The monoisotopic (exact) mass is 1190 g/mol. The summed E-state index contributed by atoms with van der Waals surface area (Å²) in [7, 11) is 1.00. The van der Waals surface area contributed by atoms with Gasteiger partial charge in [-0.25, -0.2) is 31.9 Å². The van der Waals surface area contributed by atoms with Gasteiger partial charge in [-0.2, -0.15) is 0 Å². The zero-order valence-corrected chi connectivity index (χ0v) is 45.7. The summed E-state index contributed by atoms with van der Waals surface area (Å²) in [5.41, 5.74) is 2.72. The van der Waals surface area contributed by atoms with Crippen molar-refractivity contribution in [2.45, 2.75) is 96.0 Å². The van der Waals surface area contributed by atoms with Crippen LogP contribution in [0.2, 0.25) is 0 Å². The van der Waals surface area contributed by atoms with E-state index in [4.69, 9.17) is 58.0 Å². The summed E-state index contributed by atoms with van der Waals surface area (Å²) in [4.78, 5) is 39.9. The van der Waals surface area contributed by atoms with Gasteiger partial charge in [0.25, 0.3) is 0 Å². The van der Waals surface area contributed by atoms with Crippen molar-refractivity contribution in [3.63, 3.8) is 0 Å². The summed E-state index contributed by atoms with van der Waals surface area (Å²) in [5.74, 6) is 0. The van der Waals surface area contributed by atoms with E-state index in [1.165, 1.54) is 9.80 Å². The highest BCUT2D eigenvalue weighted by Crippen LogP contribution is 2.25. The number of amides is 3. The molecule has 3 amide bonds. The summed E-state index contributed by atoms with van der Waals surface area (Å²) < 4.78 is 98.4. The van der Waals surface area contributed by atoms with Crippen molar-refractivity contribution in [2.75, 3.05) is 139 Å². The summed E-state index contributed by atoms with van der Waals surface area (Å²) in [6.07, 6.45) is -11.0. The number of rotatable bonds is 6. The lowest BCUT2D eigenvalue weighted by Gasteiger charge is -2.28. The molecule has 3 aromatic rings. The van der Waals surface area contributed by atoms with Gasteiger partial charge in [-0.15, -0.1) is 0 Å². The molecular formula is C57H89F4N5O17. The highest BCUT2D eigenvalue weighted by Gasteiger charge is 2.42. The Morgan fingerprint density at radius 2 is 0.831 bits per heavy atom. The minimum absolute atomic E-state index is 0. The summed E-state index contributed by atoms with van der Waals surface area (Å²) in [6.45, 7) is 6.55. The third kappa shape index (κ3) is 30.4. The number of fused-ring (bicyclic) bond motifs is 1. The Balaban J connectivity index is 0.000000359. The van der Waals surface area contributed by atoms with Crippen molar-refractivity contribution in [1.82, 2.24) is 25.3 Å². The Morgan fingerprint density at radius 1 is 0.458 bits per heavy atom. The van der Waals surface area contributed by atoms with Gasteiger partial charge in [0.2, 0.25) is 0 Å². The Kier molecular flexibility index (Phi) is 38.5. The number of β-amino-alcohol motifs (C(OH)–C–C–N with tert-alkyl or cyclic N) is 2. The first-order chi connectivity index (χ1) is 39.3. The topological polar surface area (TPSA) is 273 Å². The molecule has 83 heavy (non-hydrogen) atoms. The molecule has 6 saturated heterocycles. The smallest absolute Gasteiger partial charge is 0.410 e. The first kappa shape index (κ1) is 73.8. The van der Waals surface area contributed by atoms with Crippen molar-refractivity contribution >= 4 is 18.3 Å². The van der Waals surface area contributed by atoms with Crippen LogP contribution in [0, 0.1) is 0 Å². The second kappa shape index (κ2) is 43.3. The number of hydrogen-bond acceptors (Lipinski definition) is 19. The molecule has 2 unspecified atom stereocenters. The van der Waals surface area contributed by atoms with Crippen LogP contribution >= 0.6 is 0 Å². The molecule has 0 bridgehead atoms. The molecular weight excluding hydrogens is 1100 g/mol. The van der Waals surface area contributed by atoms with Crippen molar-refractivity contribution in [1.29, 1.82) is 0 Å². The summed E-state index contributed by atoms with van der Waals surface area (Å²) in [5, 5.41) is 49.6. The number of halogens is 4. The van der Waals surface area contributed by atoms with Crippen LogP contribution in [-0.4, -0.2) is 258 Å². The van der Waals surface area contributed by atoms with Gasteiger partial charge in [-0.05, 0) is 16.7 Å². The van der Waals surface area contributed by atoms with Crippen molar-refractivity contribution in [3.8, 4) is 0 Å². The van der Waals surface area contributed by atoms with Crippen LogP contribution in [0.1, 0.15) is 31.5 Å². The Hall–Kier alpha value is -5.33. The molecule has 26 heteroatoms. The van der Waals surface area contributed by atoms with Gasteiger partial charge in [0.15, 0.2) is 12.3 Å². The average Bonchev–Trinajstić information content (AvgIpc) is 4.25. The van der Waals surface area contributed by atoms with E-state index in [1.54, 1.807) is 4.90 Å². The Morgan fingerprint density at radius 3 is 1.31 bits per heavy atom. The molecule has 0 radical (unpaired) electrons. The van der Waals surface area contributed by atoms with E-state index in [0.717, 1.165) is 23.8 Å². The standard InChI is InChI=1S/2C14H18FNO4.C14H17NO4.2C6H12FNO2.CH4O.2CH4/c15-12-10-19-7-6-16(8-13(12)17)14(18)20-9-11-4-2-1-3-5-11;15-12-8-16(6-7-19-10-13(12)17)14(18)20-9-11-4-2-1-3-5-11;16-14(18-9-11-4-2-1-3-5-11)15-6-7-17-10-13-12(8-15)19-13;7-5-4-10-2-1-8-3-6(5)9;7-5-3-8-1-2-10-4-6(5)9;1-2;;/h2*1-5,12-13,17H,6-10H2;1-5,12-13H,6-10H2;2*5-6,8-9H,1-4H2;2H,1H3;2*1H4/t2*12-,13-;;2*5-,6-;;;/m00.00.../s1. The lowest BCUT2D eigenvalue weighted by atomic mass is 10.2. The van der Waals surface area contributed by atoms with Gasteiger partial charge in [-0.3, -0.25) is 0 Å². The van der Waals surface area contributed by atoms with Gasteiger partial charge in [-0.1, -0.05) is 106 Å². The molecule has 0 saturated carbocycles. The first-order valence-electron chi connectivity index (χ1n) is 26.8. The number of hydrogen-bond donors (Lipinski definition) is 7. The molecule has 9 rings (SSSR count). The third-order valence-corrected chi connectivity index (χ3v) is 12.4.